The van der Waals surface area contributed by atoms with Gasteiger partial charge in [0.1, 0.15) is 18.2 Å². The van der Waals surface area contributed by atoms with Crippen LogP contribution >= 0.6 is 23.2 Å². The van der Waals surface area contributed by atoms with E-state index in [1.165, 1.54) is 17.0 Å². The minimum absolute atomic E-state index is 0.0713. The van der Waals surface area contributed by atoms with Crippen molar-refractivity contribution in [3.05, 3.63) is 58.3 Å². The zero-order valence-electron chi connectivity index (χ0n) is 12.4. The lowest BCUT2D eigenvalue weighted by atomic mass is 10.3. The molecule has 0 saturated carbocycles. The van der Waals surface area contributed by atoms with Gasteiger partial charge in [-0.2, -0.15) is 0 Å². The highest BCUT2D eigenvalue weighted by Gasteiger charge is 2.11. The largest absolute Gasteiger partial charge is 0.492 e. The molecule has 0 aliphatic rings. The molecule has 23 heavy (non-hydrogen) atoms. The molecule has 0 saturated heterocycles. The average Bonchev–Trinajstić information content (AvgIpc) is 2.50. The van der Waals surface area contributed by atoms with E-state index in [2.05, 4.69) is 5.32 Å². The number of likely N-dealkylation sites (N-methyl/N-ethyl adjacent to an activating group) is 1. The second-order valence-electron chi connectivity index (χ2n) is 4.78. The predicted molar refractivity (Wildman–Crippen MR) is 90.0 cm³/mol. The lowest BCUT2D eigenvalue weighted by Crippen LogP contribution is -2.34. The molecule has 2 aromatic carbocycles. The number of ether oxygens (including phenoxy) is 1. The van der Waals surface area contributed by atoms with Crippen LogP contribution < -0.4 is 10.1 Å². The van der Waals surface area contributed by atoms with Gasteiger partial charge in [-0.15, -0.1) is 0 Å². The highest BCUT2D eigenvalue weighted by atomic mass is 35.5. The summed E-state index contributed by atoms with van der Waals surface area (Å²) in [6.07, 6.45) is 0. The van der Waals surface area contributed by atoms with Gasteiger partial charge >= 0.3 is 6.03 Å². The standard InChI is InChI=1S/C16H15Cl2FN2O2/c1-21(7-8-23-13-4-2-3-11(17)9-13)16(22)20-15-6-5-12(18)10-14(15)19/h2-6,9-10H,7-8H2,1H3,(H,20,22). The van der Waals surface area contributed by atoms with Gasteiger partial charge in [-0.1, -0.05) is 29.3 Å². The maximum atomic E-state index is 13.6. The average molecular weight is 357 g/mol. The number of amides is 2. The van der Waals surface area contributed by atoms with Crippen LogP contribution in [0.25, 0.3) is 0 Å². The fourth-order valence-corrected chi connectivity index (χ4v) is 2.10. The lowest BCUT2D eigenvalue weighted by molar-refractivity contribution is 0.207. The van der Waals surface area contributed by atoms with Crippen molar-refractivity contribution in [2.45, 2.75) is 0 Å². The van der Waals surface area contributed by atoms with Crippen LogP contribution in [0.4, 0.5) is 14.9 Å². The number of carbonyl (C=O) groups is 1. The molecule has 0 radical (unpaired) electrons. The van der Waals surface area contributed by atoms with E-state index < -0.39 is 11.8 Å². The topological polar surface area (TPSA) is 41.6 Å². The van der Waals surface area contributed by atoms with Crippen LogP contribution in [0.2, 0.25) is 10.0 Å². The van der Waals surface area contributed by atoms with Gasteiger partial charge in [0.25, 0.3) is 0 Å². The summed E-state index contributed by atoms with van der Waals surface area (Å²) < 4.78 is 19.1. The molecular formula is C16H15Cl2FN2O2. The zero-order chi connectivity index (χ0) is 16.8. The lowest BCUT2D eigenvalue weighted by Gasteiger charge is -2.18. The number of hydrogen-bond acceptors (Lipinski definition) is 2. The van der Waals surface area contributed by atoms with Gasteiger partial charge in [0, 0.05) is 17.1 Å². The second kappa shape index (κ2) is 8.04. The number of nitrogens with one attached hydrogen (secondary N) is 1. The number of nitrogens with zero attached hydrogens (tertiary/aromatic N) is 1. The van der Waals surface area contributed by atoms with E-state index in [1.54, 1.807) is 31.3 Å². The van der Waals surface area contributed by atoms with Gasteiger partial charge < -0.3 is 15.0 Å². The monoisotopic (exact) mass is 356 g/mol. The fraction of sp³-hybridized carbons (Fsp3) is 0.188. The molecule has 0 bridgehead atoms. The summed E-state index contributed by atoms with van der Waals surface area (Å²) in [4.78, 5) is 13.4. The first-order valence-corrected chi connectivity index (χ1v) is 7.57. The summed E-state index contributed by atoms with van der Waals surface area (Å²) >= 11 is 11.5. The Morgan fingerprint density at radius 3 is 2.65 bits per heavy atom. The molecular weight excluding hydrogens is 342 g/mol. The van der Waals surface area contributed by atoms with Crippen molar-refractivity contribution in [2.24, 2.45) is 0 Å². The van der Waals surface area contributed by atoms with Gasteiger partial charge in [0.05, 0.1) is 12.2 Å². The van der Waals surface area contributed by atoms with Gasteiger partial charge in [-0.25, -0.2) is 9.18 Å². The fourth-order valence-electron chi connectivity index (χ4n) is 1.76. The Hall–Kier alpha value is -1.98. The summed E-state index contributed by atoms with van der Waals surface area (Å²) in [6, 6.07) is 10.6. The Morgan fingerprint density at radius 2 is 1.96 bits per heavy atom. The first kappa shape index (κ1) is 17.4. The molecule has 4 nitrogen and oxygen atoms in total. The molecule has 2 amide bonds. The molecule has 0 atom stereocenters. The smallest absolute Gasteiger partial charge is 0.321 e. The van der Waals surface area contributed by atoms with Crippen molar-refractivity contribution in [1.82, 2.24) is 4.90 Å². The van der Waals surface area contributed by atoms with Gasteiger partial charge in [-0.3, -0.25) is 0 Å². The van der Waals surface area contributed by atoms with Crippen molar-refractivity contribution in [2.75, 3.05) is 25.5 Å². The molecule has 7 heteroatoms. The first-order valence-electron chi connectivity index (χ1n) is 6.81. The van der Waals surface area contributed by atoms with E-state index >= 15 is 0 Å². The number of urea groups is 1. The maximum Gasteiger partial charge on any atom is 0.321 e. The molecule has 1 N–H and O–H groups in total. The molecule has 2 aromatic rings. The number of anilines is 1. The van der Waals surface area contributed by atoms with E-state index in [0.717, 1.165) is 6.07 Å². The molecule has 0 unspecified atom stereocenters. The Morgan fingerprint density at radius 1 is 1.22 bits per heavy atom. The van der Waals surface area contributed by atoms with E-state index in [4.69, 9.17) is 27.9 Å². The van der Waals surface area contributed by atoms with Crippen LogP contribution in [0.1, 0.15) is 0 Å². The SMILES string of the molecule is CN(CCOc1cccc(Cl)c1)C(=O)Nc1ccc(Cl)cc1F. The van der Waals surface area contributed by atoms with Crippen molar-refractivity contribution in [1.29, 1.82) is 0 Å². The quantitative estimate of drug-likeness (QED) is 0.845. The van der Waals surface area contributed by atoms with Crippen LogP contribution in [0.5, 0.6) is 5.75 Å². The molecule has 0 aliphatic heterocycles. The third kappa shape index (κ3) is 5.30. The second-order valence-corrected chi connectivity index (χ2v) is 5.65. The summed E-state index contributed by atoms with van der Waals surface area (Å²) in [7, 11) is 1.59. The van der Waals surface area contributed by atoms with E-state index in [9.17, 15) is 9.18 Å². The van der Waals surface area contributed by atoms with Crippen LogP contribution in [-0.2, 0) is 0 Å². The van der Waals surface area contributed by atoms with Crippen molar-refractivity contribution < 1.29 is 13.9 Å². The van der Waals surface area contributed by atoms with Crippen molar-refractivity contribution >= 4 is 34.9 Å². The number of hydrogen-bond donors (Lipinski definition) is 1. The summed E-state index contributed by atoms with van der Waals surface area (Å²) in [5.41, 5.74) is 0.0713. The first-order chi connectivity index (χ1) is 11.0. The van der Waals surface area contributed by atoms with E-state index in [1.807, 2.05) is 0 Å². The Kier molecular flexibility index (Phi) is 6.07. The highest BCUT2D eigenvalue weighted by Crippen LogP contribution is 2.19. The van der Waals surface area contributed by atoms with Crippen LogP contribution in [0.3, 0.4) is 0 Å². The molecule has 0 aromatic heterocycles. The summed E-state index contributed by atoms with van der Waals surface area (Å²) in [5, 5.41) is 3.31. The van der Waals surface area contributed by atoms with Crippen molar-refractivity contribution in [3.8, 4) is 5.75 Å². The predicted octanol–water partition coefficient (Wildman–Crippen LogP) is 4.68. The van der Waals surface area contributed by atoms with Crippen LogP contribution in [0, 0.1) is 5.82 Å². The van der Waals surface area contributed by atoms with Gasteiger partial charge in [-0.05, 0) is 36.4 Å². The minimum atomic E-state index is -0.588. The highest BCUT2D eigenvalue weighted by molar-refractivity contribution is 6.31. The Balaban J connectivity index is 1.83. The van der Waals surface area contributed by atoms with Gasteiger partial charge in [0.2, 0.25) is 0 Å². The molecule has 0 fully saturated rings. The maximum absolute atomic E-state index is 13.6. The number of halogens is 3. The Bertz CT molecular complexity index is 698. The van der Waals surface area contributed by atoms with Crippen molar-refractivity contribution in [3.63, 3.8) is 0 Å². The van der Waals surface area contributed by atoms with Crippen LogP contribution in [-0.4, -0.2) is 31.1 Å². The van der Waals surface area contributed by atoms with Gasteiger partial charge in [0.15, 0.2) is 0 Å². The molecule has 0 spiro atoms. The number of benzene rings is 2. The molecule has 0 aliphatic carbocycles. The minimum Gasteiger partial charge on any atom is -0.492 e. The number of carbonyl (C=O) groups excluding carboxylic acids is 1. The zero-order valence-corrected chi connectivity index (χ0v) is 13.9. The summed E-state index contributed by atoms with van der Waals surface area (Å²) in [6.45, 7) is 0.612. The third-order valence-electron chi connectivity index (χ3n) is 3.01. The van der Waals surface area contributed by atoms with E-state index in [-0.39, 0.29) is 17.3 Å². The van der Waals surface area contributed by atoms with Crippen LogP contribution in [0.15, 0.2) is 42.5 Å². The molecule has 0 heterocycles. The Labute approximate surface area is 143 Å². The molecule has 2 rings (SSSR count). The normalized spacial score (nSPS) is 10.3. The van der Waals surface area contributed by atoms with E-state index in [0.29, 0.717) is 17.3 Å². The third-order valence-corrected chi connectivity index (χ3v) is 3.48. The summed E-state index contributed by atoms with van der Waals surface area (Å²) in [5.74, 6) is 0.0319. The molecule has 122 valence electrons. The number of rotatable bonds is 5.